The van der Waals surface area contributed by atoms with Gasteiger partial charge in [-0.15, -0.1) is 0 Å². The molecule has 4 saturated heterocycles. The van der Waals surface area contributed by atoms with Crippen molar-refractivity contribution in [3.05, 3.63) is 65.9 Å². The average Bonchev–Trinajstić information content (AvgIpc) is 4.15. The number of hydrogen-bond donors (Lipinski definition) is 4. The Balaban J connectivity index is 0.905. The zero-order chi connectivity index (χ0) is 50.9. The molecular weight excluding hydrogens is 917 g/mol. The molecule has 7 heterocycles. The lowest BCUT2D eigenvalue weighted by atomic mass is 9.85. The van der Waals surface area contributed by atoms with Gasteiger partial charge in [0.05, 0.1) is 73.6 Å². The highest BCUT2D eigenvalue weighted by Crippen LogP contribution is 2.46. The van der Waals surface area contributed by atoms with Crippen LogP contribution in [0, 0.1) is 23.7 Å². The Morgan fingerprint density at radius 1 is 0.667 bits per heavy atom. The van der Waals surface area contributed by atoms with E-state index in [0.717, 1.165) is 68.3 Å². The van der Waals surface area contributed by atoms with Gasteiger partial charge in [0.25, 0.3) is 0 Å². The van der Waals surface area contributed by atoms with Crippen molar-refractivity contribution in [2.75, 3.05) is 14.2 Å². The van der Waals surface area contributed by atoms with E-state index in [9.17, 15) is 19.2 Å². The molecule has 0 radical (unpaired) electrons. The molecule has 3 aromatic carbocycles. The van der Waals surface area contributed by atoms with Gasteiger partial charge in [0, 0.05) is 23.0 Å². The fraction of sp³-hybridized carbons (Fsp3) is 0.564. The van der Waals surface area contributed by atoms with Crippen molar-refractivity contribution in [1.29, 1.82) is 0 Å². The summed E-state index contributed by atoms with van der Waals surface area (Å²) in [6, 6.07) is 12.4. The summed E-state index contributed by atoms with van der Waals surface area (Å²) in [5.74, 6) is 2.08. The zero-order valence-electron chi connectivity index (χ0n) is 43.1. The van der Waals surface area contributed by atoms with E-state index in [-0.39, 0.29) is 84.1 Å². The number of nitrogens with one attached hydrogen (secondary N) is 4. The molecule has 5 aliphatic rings. The number of nitrogens with zero attached hydrogens (tertiary/aromatic N) is 4. The second kappa shape index (κ2) is 19.7. The number of hydrogen-bond acceptors (Lipinski definition) is 11. The lowest BCUT2D eigenvalue weighted by Crippen LogP contribution is -2.55. The van der Waals surface area contributed by atoms with E-state index in [1.54, 1.807) is 0 Å². The molecule has 10 rings (SSSR count). The number of ether oxygens (including phenoxy) is 5. The van der Waals surface area contributed by atoms with Crippen molar-refractivity contribution in [2.24, 2.45) is 23.7 Å². The molecule has 0 bridgehead atoms. The lowest BCUT2D eigenvalue weighted by molar-refractivity contribution is -0.141. The van der Waals surface area contributed by atoms with Crippen LogP contribution in [-0.2, 0) is 35.1 Å². The summed E-state index contributed by atoms with van der Waals surface area (Å²) in [7, 11) is 2.64. The number of aromatic nitrogens is 4. The Kier molecular flexibility index (Phi) is 13.5. The Morgan fingerprint density at radius 3 is 1.78 bits per heavy atom. The van der Waals surface area contributed by atoms with Crippen molar-refractivity contribution < 1.29 is 42.9 Å². The van der Waals surface area contributed by atoms with Gasteiger partial charge in [0.2, 0.25) is 11.8 Å². The minimum Gasteiger partial charge on any atom is -0.488 e. The summed E-state index contributed by atoms with van der Waals surface area (Å²) in [5, 5.41) is 7.80. The number of alkyl carbamates (subject to hydrolysis) is 2. The molecule has 0 unspecified atom stereocenters. The number of imidazole rings is 2. The second-order valence-electron chi connectivity index (χ2n) is 21.6. The van der Waals surface area contributed by atoms with Crippen LogP contribution >= 0.6 is 0 Å². The predicted octanol–water partition coefficient (Wildman–Crippen LogP) is 9.12. The van der Waals surface area contributed by atoms with Crippen molar-refractivity contribution in [2.45, 2.75) is 161 Å². The molecule has 5 aliphatic heterocycles. The number of likely N-dealkylation sites (tertiary alicyclic amines) is 2. The molecule has 4 N–H and O–H groups in total. The van der Waals surface area contributed by atoms with Crippen molar-refractivity contribution in [3.8, 4) is 28.1 Å². The Hall–Kier alpha value is -6.20. The van der Waals surface area contributed by atoms with Crippen molar-refractivity contribution >= 4 is 45.8 Å². The number of aromatic amines is 2. The van der Waals surface area contributed by atoms with Gasteiger partial charge in [0.1, 0.15) is 36.1 Å². The number of amides is 4. The third-order valence-electron chi connectivity index (χ3n) is 16.7. The zero-order valence-corrected chi connectivity index (χ0v) is 43.1. The van der Waals surface area contributed by atoms with Crippen LogP contribution in [0.15, 0.2) is 48.7 Å². The molecule has 17 heteroatoms. The average molecular weight is 987 g/mol. The predicted molar refractivity (Wildman–Crippen MR) is 271 cm³/mol. The van der Waals surface area contributed by atoms with E-state index in [1.165, 1.54) is 14.2 Å². The van der Waals surface area contributed by atoms with Crippen molar-refractivity contribution in [3.63, 3.8) is 0 Å². The first-order valence-corrected chi connectivity index (χ1v) is 25.9. The molecule has 5 aromatic rings. The molecule has 2 aromatic heterocycles. The van der Waals surface area contributed by atoms with E-state index in [1.807, 2.05) is 49.8 Å². The fourth-order valence-electron chi connectivity index (χ4n) is 12.8. The quantitative estimate of drug-likeness (QED) is 0.110. The van der Waals surface area contributed by atoms with Crippen LogP contribution < -0.4 is 15.4 Å². The van der Waals surface area contributed by atoms with E-state index < -0.39 is 24.3 Å². The maximum absolute atomic E-state index is 14.8. The monoisotopic (exact) mass is 987 g/mol. The van der Waals surface area contributed by atoms with Gasteiger partial charge in [-0.3, -0.25) is 9.59 Å². The first-order chi connectivity index (χ1) is 34.5. The highest BCUT2D eigenvalue weighted by Gasteiger charge is 2.48. The summed E-state index contributed by atoms with van der Waals surface area (Å²) in [4.78, 5) is 76.0. The first-order valence-electron chi connectivity index (χ1n) is 25.9. The second-order valence-corrected chi connectivity index (χ2v) is 21.6. The van der Waals surface area contributed by atoms with Crippen molar-refractivity contribution in [1.82, 2.24) is 40.4 Å². The molecular formula is C55H70N8O9. The van der Waals surface area contributed by atoms with Crippen LogP contribution in [0.2, 0.25) is 0 Å². The van der Waals surface area contributed by atoms with Gasteiger partial charge >= 0.3 is 12.2 Å². The number of carbonyl (C=O) groups is 4. The van der Waals surface area contributed by atoms with Gasteiger partial charge in [-0.1, -0.05) is 32.0 Å². The topological polar surface area (TPSA) is 202 Å². The van der Waals surface area contributed by atoms with Crippen LogP contribution in [0.1, 0.15) is 123 Å². The van der Waals surface area contributed by atoms with Crippen LogP contribution in [0.25, 0.3) is 44.2 Å². The lowest BCUT2D eigenvalue weighted by Gasteiger charge is -2.39. The molecule has 384 valence electrons. The van der Waals surface area contributed by atoms with Gasteiger partial charge < -0.3 is 54.1 Å². The first kappa shape index (κ1) is 49.4. The van der Waals surface area contributed by atoms with E-state index in [4.69, 9.17) is 33.7 Å². The molecule has 0 aliphatic carbocycles. The maximum atomic E-state index is 14.8. The summed E-state index contributed by atoms with van der Waals surface area (Å²) in [6.45, 7) is 16.9. The molecule has 17 nitrogen and oxygen atoms in total. The van der Waals surface area contributed by atoms with Crippen LogP contribution in [-0.4, -0.2) is 117 Å². The number of benzene rings is 3. The fourth-order valence-corrected chi connectivity index (χ4v) is 12.8. The van der Waals surface area contributed by atoms with Crippen LogP contribution in [0.5, 0.6) is 5.75 Å². The Bertz CT molecular complexity index is 2860. The SMILES string of the molecule is COC(=O)N[C@H](C(=O)N1[C@@H](c2ncc(-c3ccc4c(c3)COc3cc5c(ccc6nc([C@H]7C[C@@H](C)[C@@H](C)N7C(=O)[C@@H](NC(=O)OC)C7C[C@@H](C)O[C@H](C)C7)[nH]c65)cc3-4)[nH]2)C[C@@H](C)[C@H]1C)C1C[C@@H](C)O[C@H](C)C1. The number of methoxy groups -OCH3 is 2. The molecule has 72 heavy (non-hydrogen) atoms. The highest BCUT2D eigenvalue weighted by molar-refractivity contribution is 6.07. The highest BCUT2D eigenvalue weighted by atomic mass is 16.5. The van der Waals surface area contributed by atoms with E-state index >= 15 is 0 Å². The minimum absolute atomic E-state index is 0.0397. The smallest absolute Gasteiger partial charge is 0.407 e. The third kappa shape index (κ3) is 9.15. The largest absolute Gasteiger partial charge is 0.488 e. The Labute approximate surface area is 420 Å². The van der Waals surface area contributed by atoms with Gasteiger partial charge in [-0.25, -0.2) is 19.6 Å². The molecule has 4 fully saturated rings. The summed E-state index contributed by atoms with van der Waals surface area (Å²) in [6.07, 6.45) is 4.45. The standard InChI is InChI=1S/C55H70N8O9/c1-26-15-44(62(32(26)7)52(64)47(60-54(66)68-9)36-17-28(3)71-29(4)18-36)50-56-24-43(58-50)35-11-13-39-38(21-35)25-70-46-23-40-34(22-41(39)46)12-14-42-49(40)59-51(57-42)45-16-27(2)33(8)63(45)53(65)48(61-55(67)69-10)37-19-30(5)72-31(6)20-37/h11-14,21-24,26-33,36-37,44-45,47-48H,15-20,25H2,1-10H3,(H,56,58)(H,57,59)(H,60,66)(H,61,67)/t26-,27-,28-,29-,30-,31-,32-,33-,44-,45-,47+,48+/m1/s1. The number of H-pyrrole nitrogens is 2. The maximum Gasteiger partial charge on any atom is 0.407 e. The number of fused-ring (bicyclic) bond motifs is 6. The number of rotatable bonds is 9. The van der Waals surface area contributed by atoms with Gasteiger partial charge in [-0.05, 0) is 150 Å². The molecule has 0 saturated carbocycles. The van der Waals surface area contributed by atoms with Gasteiger partial charge in [-0.2, -0.15) is 0 Å². The Morgan fingerprint density at radius 2 is 1.22 bits per heavy atom. The molecule has 4 amide bonds. The van der Waals surface area contributed by atoms with E-state index in [2.05, 4.69) is 84.7 Å². The molecule has 0 spiro atoms. The normalized spacial score (nSPS) is 30.0. The van der Waals surface area contributed by atoms with Gasteiger partial charge in [0.15, 0.2) is 0 Å². The molecule has 12 atom stereocenters. The van der Waals surface area contributed by atoms with E-state index in [0.29, 0.717) is 43.9 Å². The summed E-state index contributed by atoms with van der Waals surface area (Å²) in [5.41, 5.74) is 6.55. The summed E-state index contributed by atoms with van der Waals surface area (Å²) < 4.78 is 28.6. The van der Waals surface area contributed by atoms with Crippen LogP contribution in [0.4, 0.5) is 9.59 Å². The third-order valence-corrected chi connectivity index (χ3v) is 16.7. The number of carbonyl (C=O) groups excluding carboxylic acids is 4. The van der Waals surface area contributed by atoms with Crippen LogP contribution in [0.3, 0.4) is 0 Å². The summed E-state index contributed by atoms with van der Waals surface area (Å²) >= 11 is 0. The minimum atomic E-state index is -0.771.